The summed E-state index contributed by atoms with van der Waals surface area (Å²) in [5.41, 5.74) is -0.785. The standard InChI is InChI=1S/C19H27N3O6/c1-6-12(2)21-11-13(10-20-18(24)28-19(3,4)5)27-16-14(17(21)23)8-7-9-15(16)22(25)26/h7-9,12-13H,6,10-11H2,1-5H3,(H,20,24)/t12?,13-/m0/s1. The summed E-state index contributed by atoms with van der Waals surface area (Å²) in [7, 11) is 0. The van der Waals surface area contributed by atoms with E-state index >= 15 is 0 Å². The van der Waals surface area contributed by atoms with E-state index in [1.807, 2.05) is 13.8 Å². The van der Waals surface area contributed by atoms with Crippen LogP contribution in [0.2, 0.25) is 0 Å². The van der Waals surface area contributed by atoms with Gasteiger partial charge in [-0.1, -0.05) is 13.0 Å². The molecule has 0 saturated heterocycles. The third-order valence-corrected chi connectivity index (χ3v) is 4.36. The van der Waals surface area contributed by atoms with Crippen LogP contribution in [-0.2, 0) is 4.74 Å². The molecule has 1 unspecified atom stereocenters. The van der Waals surface area contributed by atoms with Crippen LogP contribution in [0.1, 0.15) is 51.4 Å². The molecule has 1 aromatic rings. The quantitative estimate of drug-likeness (QED) is 0.608. The molecule has 0 bridgehead atoms. The summed E-state index contributed by atoms with van der Waals surface area (Å²) in [5.74, 6) is -0.396. The second-order valence-corrected chi connectivity index (χ2v) is 7.75. The lowest BCUT2D eigenvalue weighted by Gasteiger charge is -2.29. The number of para-hydroxylation sites is 1. The van der Waals surface area contributed by atoms with Crippen LogP contribution in [0.5, 0.6) is 5.75 Å². The van der Waals surface area contributed by atoms with Gasteiger partial charge in [-0.15, -0.1) is 0 Å². The van der Waals surface area contributed by atoms with Gasteiger partial charge in [0.2, 0.25) is 5.75 Å². The normalized spacial score (nSPS) is 17.8. The van der Waals surface area contributed by atoms with E-state index in [4.69, 9.17) is 9.47 Å². The molecule has 9 heteroatoms. The van der Waals surface area contributed by atoms with Crippen LogP contribution in [0.15, 0.2) is 18.2 Å². The summed E-state index contributed by atoms with van der Waals surface area (Å²) in [6.07, 6.45) is -0.570. The Morgan fingerprint density at radius 1 is 1.46 bits per heavy atom. The molecule has 1 heterocycles. The van der Waals surface area contributed by atoms with E-state index in [0.29, 0.717) is 6.42 Å². The Balaban J connectivity index is 2.31. The zero-order chi connectivity index (χ0) is 21.1. The summed E-state index contributed by atoms with van der Waals surface area (Å²) in [4.78, 5) is 37.4. The maximum Gasteiger partial charge on any atom is 0.407 e. The van der Waals surface area contributed by atoms with E-state index < -0.39 is 22.7 Å². The number of nitro groups is 1. The van der Waals surface area contributed by atoms with Crippen LogP contribution in [-0.4, -0.2) is 52.7 Å². The van der Waals surface area contributed by atoms with Crippen molar-refractivity contribution in [2.75, 3.05) is 13.1 Å². The number of carbonyl (C=O) groups excluding carboxylic acids is 2. The number of fused-ring (bicyclic) bond motifs is 1. The van der Waals surface area contributed by atoms with Crippen molar-refractivity contribution in [2.24, 2.45) is 0 Å². The predicted molar refractivity (Wildman–Crippen MR) is 103 cm³/mol. The minimum atomic E-state index is -0.659. The van der Waals surface area contributed by atoms with Crippen LogP contribution in [0.4, 0.5) is 10.5 Å². The Bertz CT molecular complexity index is 759. The van der Waals surface area contributed by atoms with Gasteiger partial charge in [0.05, 0.1) is 23.6 Å². The molecule has 28 heavy (non-hydrogen) atoms. The number of alkyl carbamates (subject to hydrolysis) is 1. The molecule has 1 N–H and O–H groups in total. The number of amides is 2. The number of hydrogen-bond donors (Lipinski definition) is 1. The van der Waals surface area contributed by atoms with Crippen LogP contribution >= 0.6 is 0 Å². The van der Waals surface area contributed by atoms with E-state index in [9.17, 15) is 19.7 Å². The number of nitrogens with one attached hydrogen (secondary N) is 1. The number of rotatable bonds is 5. The molecule has 0 saturated carbocycles. The van der Waals surface area contributed by atoms with Crippen molar-refractivity contribution < 1.29 is 24.0 Å². The summed E-state index contributed by atoms with van der Waals surface area (Å²) in [6, 6.07) is 4.18. The van der Waals surface area contributed by atoms with Crippen molar-refractivity contribution in [2.45, 2.75) is 58.8 Å². The van der Waals surface area contributed by atoms with Crippen LogP contribution in [0.25, 0.3) is 0 Å². The van der Waals surface area contributed by atoms with Crippen molar-refractivity contribution >= 4 is 17.7 Å². The minimum Gasteiger partial charge on any atom is -0.479 e. The lowest BCUT2D eigenvalue weighted by Crippen LogP contribution is -2.47. The SMILES string of the molecule is CCC(C)N1C[C@H](CNC(=O)OC(C)(C)C)Oc2c(cccc2[N+](=O)[O-])C1=O. The van der Waals surface area contributed by atoms with Crippen molar-refractivity contribution in [3.8, 4) is 5.75 Å². The van der Waals surface area contributed by atoms with Gasteiger partial charge in [0.1, 0.15) is 11.7 Å². The highest BCUT2D eigenvalue weighted by molar-refractivity contribution is 5.98. The van der Waals surface area contributed by atoms with E-state index in [2.05, 4.69) is 5.32 Å². The maximum atomic E-state index is 13.0. The van der Waals surface area contributed by atoms with Gasteiger partial charge in [-0.2, -0.15) is 0 Å². The van der Waals surface area contributed by atoms with E-state index in [1.54, 1.807) is 25.7 Å². The first-order valence-electron chi connectivity index (χ1n) is 9.25. The highest BCUT2D eigenvalue weighted by atomic mass is 16.6. The molecule has 0 spiro atoms. The van der Waals surface area contributed by atoms with E-state index in [-0.39, 0.29) is 42.0 Å². The molecule has 1 aliphatic heterocycles. The molecule has 1 aromatic carbocycles. The third kappa shape index (κ3) is 5.11. The number of nitrogens with zero attached hydrogens (tertiary/aromatic N) is 2. The third-order valence-electron chi connectivity index (χ3n) is 4.36. The Labute approximate surface area is 164 Å². The first-order valence-corrected chi connectivity index (χ1v) is 9.25. The first kappa shape index (κ1) is 21.5. The van der Waals surface area contributed by atoms with Crippen molar-refractivity contribution in [1.29, 1.82) is 0 Å². The summed E-state index contributed by atoms with van der Waals surface area (Å²) in [5, 5.41) is 14.0. The van der Waals surface area contributed by atoms with Crippen molar-refractivity contribution in [1.82, 2.24) is 10.2 Å². The lowest BCUT2D eigenvalue weighted by molar-refractivity contribution is -0.386. The van der Waals surface area contributed by atoms with Gasteiger partial charge in [-0.05, 0) is 40.2 Å². The fourth-order valence-electron chi connectivity index (χ4n) is 2.84. The van der Waals surface area contributed by atoms with Gasteiger partial charge in [0.15, 0.2) is 0 Å². The molecular weight excluding hydrogens is 366 g/mol. The maximum absolute atomic E-state index is 13.0. The Hall–Kier alpha value is -2.84. The molecule has 0 aromatic heterocycles. The Kier molecular flexibility index (Phi) is 6.48. The molecule has 0 radical (unpaired) electrons. The van der Waals surface area contributed by atoms with Crippen molar-refractivity contribution in [3.63, 3.8) is 0 Å². The number of ether oxygens (including phenoxy) is 2. The number of nitro benzene ring substituents is 1. The average Bonchev–Trinajstić information content (AvgIpc) is 2.74. The molecule has 9 nitrogen and oxygen atoms in total. The first-order chi connectivity index (χ1) is 13.0. The minimum absolute atomic E-state index is 0.0423. The summed E-state index contributed by atoms with van der Waals surface area (Å²) in [6.45, 7) is 9.33. The van der Waals surface area contributed by atoms with Crippen LogP contribution in [0, 0.1) is 10.1 Å². The molecule has 2 rings (SSSR count). The second-order valence-electron chi connectivity index (χ2n) is 7.75. The molecule has 154 valence electrons. The van der Waals surface area contributed by atoms with Gasteiger partial charge in [-0.25, -0.2) is 4.79 Å². The molecule has 0 aliphatic carbocycles. The Morgan fingerprint density at radius 2 is 2.14 bits per heavy atom. The number of benzene rings is 1. The molecule has 0 fully saturated rings. The monoisotopic (exact) mass is 393 g/mol. The fourth-order valence-corrected chi connectivity index (χ4v) is 2.84. The average molecular weight is 393 g/mol. The fraction of sp³-hybridized carbons (Fsp3) is 0.579. The van der Waals surface area contributed by atoms with Gasteiger partial charge >= 0.3 is 11.8 Å². The van der Waals surface area contributed by atoms with Gasteiger partial charge in [0, 0.05) is 12.1 Å². The second kappa shape index (κ2) is 8.45. The molecular formula is C19H27N3O6. The zero-order valence-electron chi connectivity index (χ0n) is 16.9. The highest BCUT2D eigenvalue weighted by Crippen LogP contribution is 2.35. The zero-order valence-corrected chi connectivity index (χ0v) is 16.9. The smallest absolute Gasteiger partial charge is 0.407 e. The van der Waals surface area contributed by atoms with Gasteiger partial charge < -0.3 is 19.7 Å². The van der Waals surface area contributed by atoms with E-state index in [0.717, 1.165) is 0 Å². The topological polar surface area (TPSA) is 111 Å². The highest BCUT2D eigenvalue weighted by Gasteiger charge is 2.35. The van der Waals surface area contributed by atoms with Gasteiger partial charge in [0.25, 0.3) is 5.91 Å². The number of hydrogen-bond acceptors (Lipinski definition) is 6. The Morgan fingerprint density at radius 3 is 2.71 bits per heavy atom. The predicted octanol–water partition coefficient (Wildman–Crippen LogP) is 3.12. The molecule has 1 aliphatic rings. The van der Waals surface area contributed by atoms with Crippen LogP contribution in [0.3, 0.4) is 0 Å². The lowest BCUT2D eigenvalue weighted by atomic mass is 10.1. The molecule has 2 amide bonds. The summed E-state index contributed by atoms with van der Waals surface area (Å²) < 4.78 is 11.1. The largest absolute Gasteiger partial charge is 0.479 e. The summed E-state index contributed by atoms with van der Waals surface area (Å²) >= 11 is 0. The number of carbonyl (C=O) groups is 2. The van der Waals surface area contributed by atoms with E-state index in [1.165, 1.54) is 18.2 Å². The van der Waals surface area contributed by atoms with Crippen LogP contribution < -0.4 is 10.1 Å². The molecule has 2 atom stereocenters. The van der Waals surface area contributed by atoms with Gasteiger partial charge in [-0.3, -0.25) is 14.9 Å². The van der Waals surface area contributed by atoms with Crippen molar-refractivity contribution in [3.05, 3.63) is 33.9 Å².